The molecule has 1 aromatic carbocycles. The van der Waals surface area contributed by atoms with E-state index in [-0.39, 0.29) is 18.3 Å². The summed E-state index contributed by atoms with van der Waals surface area (Å²) in [4.78, 5) is 25.5. The number of urea groups is 1. The third-order valence-corrected chi connectivity index (χ3v) is 3.55. The largest absolute Gasteiger partial charge is 0.383 e. The van der Waals surface area contributed by atoms with Crippen LogP contribution in [0.25, 0.3) is 0 Å². The summed E-state index contributed by atoms with van der Waals surface area (Å²) in [6.07, 6.45) is 2.07. The Morgan fingerprint density at radius 1 is 1.30 bits per heavy atom. The minimum absolute atomic E-state index is 0.139. The molecule has 0 bridgehead atoms. The lowest BCUT2D eigenvalue weighted by Crippen LogP contribution is -2.45. The number of methoxy groups -OCH3 is 1. The van der Waals surface area contributed by atoms with Crippen molar-refractivity contribution in [3.8, 4) is 0 Å². The first kappa shape index (κ1) is 17.4. The number of amides is 3. The summed E-state index contributed by atoms with van der Waals surface area (Å²) >= 11 is 0. The van der Waals surface area contributed by atoms with Crippen LogP contribution in [0.5, 0.6) is 0 Å². The van der Waals surface area contributed by atoms with Crippen LogP contribution in [0, 0.1) is 5.82 Å². The molecule has 1 aliphatic rings. The molecule has 0 saturated heterocycles. The van der Waals surface area contributed by atoms with Crippen LogP contribution in [0.3, 0.4) is 0 Å². The highest BCUT2D eigenvalue weighted by Gasteiger charge is 2.30. The molecule has 0 aliphatic heterocycles. The second-order valence-electron chi connectivity index (χ2n) is 5.56. The van der Waals surface area contributed by atoms with Crippen LogP contribution in [0.15, 0.2) is 24.3 Å². The Morgan fingerprint density at radius 3 is 2.61 bits per heavy atom. The van der Waals surface area contributed by atoms with Crippen molar-refractivity contribution in [2.45, 2.75) is 25.4 Å². The highest BCUT2D eigenvalue weighted by molar-refractivity contribution is 5.95. The van der Waals surface area contributed by atoms with Gasteiger partial charge in [-0.05, 0) is 30.5 Å². The van der Waals surface area contributed by atoms with Gasteiger partial charge in [0.2, 0.25) is 5.91 Å². The van der Waals surface area contributed by atoms with Crippen molar-refractivity contribution < 1.29 is 18.7 Å². The van der Waals surface area contributed by atoms with Gasteiger partial charge in [-0.1, -0.05) is 12.1 Å². The van der Waals surface area contributed by atoms with E-state index < -0.39 is 6.03 Å². The molecule has 1 aromatic rings. The van der Waals surface area contributed by atoms with Gasteiger partial charge in [-0.25, -0.2) is 9.18 Å². The molecule has 2 N–H and O–H groups in total. The number of carbonyl (C=O) groups excluding carboxylic acids is 2. The second-order valence-corrected chi connectivity index (χ2v) is 5.56. The fourth-order valence-corrected chi connectivity index (χ4v) is 2.24. The van der Waals surface area contributed by atoms with E-state index in [0.29, 0.717) is 25.7 Å². The maximum atomic E-state index is 12.9. The van der Waals surface area contributed by atoms with Crippen LogP contribution in [-0.2, 0) is 16.1 Å². The Hall–Kier alpha value is -1.99. The molecule has 1 aliphatic carbocycles. The van der Waals surface area contributed by atoms with Crippen LogP contribution in [-0.4, -0.2) is 49.7 Å². The predicted octanol–water partition coefficient (Wildman–Crippen LogP) is 1.26. The van der Waals surface area contributed by atoms with Crippen LogP contribution in [0.2, 0.25) is 0 Å². The standard InChI is InChI=1S/C16H22FN3O3/c1-23-9-8-18-16(22)19-15(21)11-20(14-6-7-14)10-12-2-4-13(17)5-3-12/h2-5,14H,6-11H2,1H3,(H2,18,19,21,22). The predicted molar refractivity (Wildman–Crippen MR) is 83.2 cm³/mol. The van der Waals surface area contributed by atoms with Gasteiger partial charge in [0.15, 0.2) is 0 Å². The van der Waals surface area contributed by atoms with Crippen molar-refractivity contribution in [2.75, 3.05) is 26.8 Å². The fraction of sp³-hybridized carbons (Fsp3) is 0.500. The first-order chi connectivity index (χ1) is 11.1. The molecule has 0 heterocycles. The van der Waals surface area contributed by atoms with Crippen LogP contribution < -0.4 is 10.6 Å². The van der Waals surface area contributed by atoms with E-state index in [2.05, 4.69) is 10.6 Å². The number of nitrogens with zero attached hydrogens (tertiary/aromatic N) is 1. The minimum Gasteiger partial charge on any atom is -0.383 e. The van der Waals surface area contributed by atoms with Crippen molar-refractivity contribution in [1.82, 2.24) is 15.5 Å². The number of halogens is 1. The molecular weight excluding hydrogens is 301 g/mol. The van der Waals surface area contributed by atoms with Crippen molar-refractivity contribution >= 4 is 11.9 Å². The molecule has 7 heteroatoms. The third kappa shape index (κ3) is 6.33. The molecule has 0 aromatic heterocycles. The van der Waals surface area contributed by atoms with Gasteiger partial charge in [-0.15, -0.1) is 0 Å². The zero-order valence-electron chi connectivity index (χ0n) is 13.2. The summed E-state index contributed by atoms with van der Waals surface area (Å²) in [6, 6.07) is 6.06. The lowest BCUT2D eigenvalue weighted by Gasteiger charge is -2.21. The molecule has 6 nitrogen and oxygen atoms in total. The van der Waals surface area contributed by atoms with Gasteiger partial charge >= 0.3 is 6.03 Å². The normalized spacial score (nSPS) is 13.9. The first-order valence-corrected chi connectivity index (χ1v) is 7.63. The topological polar surface area (TPSA) is 70.7 Å². The number of hydrogen-bond acceptors (Lipinski definition) is 4. The highest BCUT2D eigenvalue weighted by atomic mass is 19.1. The van der Waals surface area contributed by atoms with Gasteiger partial charge in [0, 0.05) is 26.2 Å². The lowest BCUT2D eigenvalue weighted by atomic mass is 10.2. The first-order valence-electron chi connectivity index (χ1n) is 7.63. The quantitative estimate of drug-likeness (QED) is 0.707. The van der Waals surface area contributed by atoms with Gasteiger partial charge in [-0.2, -0.15) is 0 Å². The van der Waals surface area contributed by atoms with Crippen molar-refractivity contribution in [2.24, 2.45) is 0 Å². The zero-order valence-corrected chi connectivity index (χ0v) is 13.2. The number of hydrogen-bond donors (Lipinski definition) is 2. The lowest BCUT2D eigenvalue weighted by molar-refractivity contribution is -0.121. The Labute approximate surface area is 135 Å². The number of carbonyl (C=O) groups is 2. The Balaban J connectivity index is 1.81. The summed E-state index contributed by atoms with van der Waals surface area (Å²) in [5, 5.41) is 4.83. The summed E-state index contributed by atoms with van der Waals surface area (Å²) < 4.78 is 17.8. The summed E-state index contributed by atoms with van der Waals surface area (Å²) in [7, 11) is 1.54. The number of nitrogens with one attached hydrogen (secondary N) is 2. The van der Waals surface area contributed by atoms with E-state index in [1.807, 2.05) is 4.90 Å². The maximum Gasteiger partial charge on any atom is 0.321 e. The maximum absolute atomic E-state index is 12.9. The molecule has 0 spiro atoms. The summed E-state index contributed by atoms with van der Waals surface area (Å²) in [5.41, 5.74) is 0.940. The number of ether oxygens (including phenoxy) is 1. The average Bonchev–Trinajstić information content (AvgIpc) is 3.33. The van der Waals surface area contributed by atoms with E-state index in [4.69, 9.17) is 4.74 Å². The van der Waals surface area contributed by atoms with Gasteiger partial charge in [0.1, 0.15) is 5.82 Å². The van der Waals surface area contributed by atoms with Crippen LogP contribution in [0.1, 0.15) is 18.4 Å². The van der Waals surface area contributed by atoms with E-state index in [1.54, 1.807) is 12.1 Å². The molecule has 1 fully saturated rings. The molecule has 23 heavy (non-hydrogen) atoms. The summed E-state index contributed by atoms with van der Waals surface area (Å²) in [6.45, 7) is 1.43. The third-order valence-electron chi connectivity index (χ3n) is 3.55. The molecule has 126 valence electrons. The van der Waals surface area contributed by atoms with Crippen molar-refractivity contribution in [1.29, 1.82) is 0 Å². The monoisotopic (exact) mass is 323 g/mol. The van der Waals surface area contributed by atoms with E-state index in [0.717, 1.165) is 18.4 Å². The SMILES string of the molecule is COCCNC(=O)NC(=O)CN(Cc1ccc(F)cc1)C1CC1. The molecule has 1 saturated carbocycles. The molecule has 0 radical (unpaired) electrons. The molecule has 0 unspecified atom stereocenters. The van der Waals surface area contributed by atoms with Gasteiger partial charge in [0.25, 0.3) is 0 Å². The average molecular weight is 323 g/mol. The van der Waals surface area contributed by atoms with Gasteiger partial charge in [-0.3, -0.25) is 15.0 Å². The Kier molecular flexibility index (Phi) is 6.49. The van der Waals surface area contributed by atoms with E-state index >= 15 is 0 Å². The van der Waals surface area contributed by atoms with Crippen LogP contribution >= 0.6 is 0 Å². The molecular formula is C16H22FN3O3. The molecule has 3 amide bonds. The molecule has 2 rings (SSSR count). The van der Waals surface area contributed by atoms with E-state index in [1.165, 1.54) is 19.2 Å². The zero-order chi connectivity index (χ0) is 16.7. The smallest absolute Gasteiger partial charge is 0.321 e. The Bertz CT molecular complexity index is 532. The number of imide groups is 1. The van der Waals surface area contributed by atoms with Crippen LogP contribution in [0.4, 0.5) is 9.18 Å². The van der Waals surface area contributed by atoms with Crippen molar-refractivity contribution in [3.63, 3.8) is 0 Å². The minimum atomic E-state index is -0.524. The Morgan fingerprint density at radius 2 is 2.00 bits per heavy atom. The number of rotatable bonds is 8. The second kappa shape index (κ2) is 8.59. The highest BCUT2D eigenvalue weighted by Crippen LogP contribution is 2.28. The van der Waals surface area contributed by atoms with Crippen molar-refractivity contribution in [3.05, 3.63) is 35.6 Å². The molecule has 0 atom stereocenters. The van der Waals surface area contributed by atoms with Gasteiger partial charge in [0.05, 0.1) is 13.2 Å². The summed E-state index contributed by atoms with van der Waals surface area (Å²) in [5.74, 6) is -0.633. The van der Waals surface area contributed by atoms with Gasteiger partial charge < -0.3 is 10.1 Å². The van der Waals surface area contributed by atoms with E-state index in [9.17, 15) is 14.0 Å². The number of benzene rings is 1. The fourth-order valence-electron chi connectivity index (χ4n) is 2.24.